The average molecular weight is 605 g/mol. The first-order valence-electron chi connectivity index (χ1n) is 14.0. The van der Waals surface area contributed by atoms with Gasteiger partial charge in [0.25, 0.3) is 0 Å². The number of alkyl carbamates (subject to hydrolysis) is 1. The number of fused-ring (bicyclic) bond motifs is 3. The molecule has 232 valence electrons. The second-order valence-corrected chi connectivity index (χ2v) is 12.1. The number of amides is 2. The van der Waals surface area contributed by atoms with Gasteiger partial charge in [-0.1, -0.05) is 48.5 Å². The SMILES string of the molecule is CC(C)(C)OC(=O)Oc1ccc(N(C(=O)OC(C)(C)C)C(NC(=O)OCC2c3ccccc3-c3ccccc32)C(=O)O)cc1. The Morgan fingerprint density at radius 3 is 1.82 bits per heavy atom. The van der Waals surface area contributed by atoms with Crippen LogP contribution in [0, 0.1) is 0 Å². The summed E-state index contributed by atoms with van der Waals surface area (Å²) in [6.45, 7) is 9.86. The van der Waals surface area contributed by atoms with Crippen LogP contribution < -0.4 is 15.0 Å². The van der Waals surface area contributed by atoms with Crippen molar-refractivity contribution < 1.29 is 43.2 Å². The molecule has 0 fully saturated rings. The summed E-state index contributed by atoms with van der Waals surface area (Å²) in [5.41, 5.74) is 2.33. The summed E-state index contributed by atoms with van der Waals surface area (Å²) in [6.07, 6.45) is -4.92. The molecule has 0 aliphatic heterocycles. The van der Waals surface area contributed by atoms with Crippen molar-refractivity contribution in [1.82, 2.24) is 5.32 Å². The zero-order valence-electron chi connectivity index (χ0n) is 25.5. The molecule has 44 heavy (non-hydrogen) atoms. The summed E-state index contributed by atoms with van der Waals surface area (Å²) >= 11 is 0. The van der Waals surface area contributed by atoms with Gasteiger partial charge in [-0.25, -0.2) is 24.1 Å². The molecule has 0 saturated heterocycles. The molecule has 0 spiro atoms. The van der Waals surface area contributed by atoms with Crippen LogP contribution in [-0.4, -0.2) is 53.4 Å². The van der Waals surface area contributed by atoms with Crippen molar-refractivity contribution in [3.05, 3.63) is 83.9 Å². The fourth-order valence-electron chi connectivity index (χ4n) is 4.70. The Bertz CT molecular complexity index is 1490. The lowest BCUT2D eigenvalue weighted by molar-refractivity contribution is -0.139. The quantitative estimate of drug-likeness (QED) is 0.131. The van der Waals surface area contributed by atoms with Crippen molar-refractivity contribution in [3.8, 4) is 16.9 Å². The highest BCUT2D eigenvalue weighted by atomic mass is 16.7. The Morgan fingerprint density at radius 2 is 1.32 bits per heavy atom. The number of nitrogens with one attached hydrogen (secondary N) is 1. The number of aliphatic carboxylic acids is 1. The molecule has 11 nitrogen and oxygen atoms in total. The van der Waals surface area contributed by atoms with Crippen LogP contribution >= 0.6 is 0 Å². The van der Waals surface area contributed by atoms with Crippen LogP contribution in [0.3, 0.4) is 0 Å². The fourth-order valence-corrected chi connectivity index (χ4v) is 4.70. The van der Waals surface area contributed by atoms with Crippen LogP contribution in [0.15, 0.2) is 72.8 Å². The molecule has 2 N–H and O–H groups in total. The third kappa shape index (κ3) is 7.85. The van der Waals surface area contributed by atoms with Gasteiger partial charge in [0.15, 0.2) is 0 Å². The summed E-state index contributed by atoms with van der Waals surface area (Å²) in [5, 5.41) is 12.4. The number of anilines is 1. The summed E-state index contributed by atoms with van der Waals surface area (Å²) in [6, 6.07) is 21.0. The summed E-state index contributed by atoms with van der Waals surface area (Å²) < 4.78 is 21.3. The van der Waals surface area contributed by atoms with Gasteiger partial charge >= 0.3 is 24.3 Å². The number of carboxylic acid groups (broad SMARTS) is 1. The van der Waals surface area contributed by atoms with Crippen LogP contribution in [-0.2, 0) is 19.0 Å². The molecule has 1 atom stereocenters. The van der Waals surface area contributed by atoms with E-state index in [-0.39, 0.29) is 24.0 Å². The Hall–Kier alpha value is -5.06. The zero-order valence-corrected chi connectivity index (χ0v) is 25.5. The molecular formula is C33H36N2O9. The predicted octanol–water partition coefficient (Wildman–Crippen LogP) is 6.69. The van der Waals surface area contributed by atoms with Gasteiger partial charge in [0.05, 0.1) is 5.69 Å². The number of carboxylic acids is 1. The Kier molecular flexibility index (Phi) is 9.17. The van der Waals surface area contributed by atoms with Crippen molar-refractivity contribution >= 4 is 30.0 Å². The maximum Gasteiger partial charge on any atom is 0.514 e. The van der Waals surface area contributed by atoms with E-state index in [1.807, 2.05) is 48.5 Å². The number of hydrogen-bond donors (Lipinski definition) is 2. The van der Waals surface area contributed by atoms with E-state index in [2.05, 4.69) is 5.32 Å². The highest BCUT2D eigenvalue weighted by Gasteiger charge is 2.37. The molecule has 11 heteroatoms. The number of carbonyl (C=O) groups is 4. The Labute approximate surface area is 255 Å². The number of benzene rings is 3. The molecule has 3 aromatic rings. The van der Waals surface area contributed by atoms with Crippen molar-refractivity contribution in [2.45, 2.75) is 64.8 Å². The number of hydrogen-bond acceptors (Lipinski definition) is 8. The predicted molar refractivity (Wildman–Crippen MR) is 162 cm³/mol. The second kappa shape index (κ2) is 12.7. The van der Waals surface area contributed by atoms with Gasteiger partial charge in [0.1, 0.15) is 23.6 Å². The molecule has 0 bridgehead atoms. The van der Waals surface area contributed by atoms with Gasteiger partial charge < -0.3 is 24.1 Å². The first-order valence-corrected chi connectivity index (χ1v) is 14.0. The molecule has 1 aliphatic carbocycles. The molecule has 3 aromatic carbocycles. The van der Waals surface area contributed by atoms with E-state index >= 15 is 0 Å². The van der Waals surface area contributed by atoms with Gasteiger partial charge in [-0.05, 0) is 88.1 Å². The van der Waals surface area contributed by atoms with Crippen LogP contribution in [0.2, 0.25) is 0 Å². The standard InChI is InChI=1S/C33H36N2O9/c1-32(2,3)43-30(39)35(20-15-17-21(18-16-20)42-31(40)44-33(4,5)6)27(28(36)37)34-29(38)41-19-26-24-13-9-7-11-22(24)23-12-8-10-14-25(23)26/h7-18,26-27H,19H2,1-6H3,(H,34,38)(H,36,37). The van der Waals surface area contributed by atoms with Gasteiger partial charge in [-0.3, -0.25) is 5.32 Å². The zero-order chi connectivity index (χ0) is 32.2. The largest absolute Gasteiger partial charge is 0.514 e. The van der Waals surface area contributed by atoms with Gasteiger partial charge in [0.2, 0.25) is 6.17 Å². The van der Waals surface area contributed by atoms with Crippen molar-refractivity contribution in [1.29, 1.82) is 0 Å². The van der Waals surface area contributed by atoms with Gasteiger partial charge in [-0.2, -0.15) is 0 Å². The third-order valence-corrected chi connectivity index (χ3v) is 6.39. The maximum absolute atomic E-state index is 13.3. The highest BCUT2D eigenvalue weighted by molar-refractivity contribution is 5.96. The van der Waals surface area contributed by atoms with Crippen molar-refractivity contribution in [2.24, 2.45) is 0 Å². The summed E-state index contributed by atoms with van der Waals surface area (Å²) in [5.74, 6) is -1.71. The van der Waals surface area contributed by atoms with E-state index in [4.69, 9.17) is 18.9 Å². The topological polar surface area (TPSA) is 141 Å². The molecule has 1 unspecified atom stereocenters. The van der Waals surface area contributed by atoms with Crippen molar-refractivity contribution in [3.63, 3.8) is 0 Å². The molecule has 4 rings (SSSR count). The first-order chi connectivity index (χ1) is 20.6. The van der Waals surface area contributed by atoms with E-state index in [0.29, 0.717) is 0 Å². The highest BCUT2D eigenvalue weighted by Crippen LogP contribution is 2.44. The van der Waals surface area contributed by atoms with E-state index in [9.17, 15) is 24.3 Å². The van der Waals surface area contributed by atoms with E-state index in [1.165, 1.54) is 24.3 Å². The van der Waals surface area contributed by atoms with E-state index in [0.717, 1.165) is 27.2 Å². The van der Waals surface area contributed by atoms with Crippen LogP contribution in [0.4, 0.5) is 20.1 Å². The van der Waals surface area contributed by atoms with Gasteiger partial charge in [-0.15, -0.1) is 0 Å². The average Bonchev–Trinajstić information content (AvgIpc) is 3.24. The van der Waals surface area contributed by atoms with E-state index in [1.54, 1.807) is 41.5 Å². The van der Waals surface area contributed by atoms with Crippen LogP contribution in [0.5, 0.6) is 5.75 Å². The van der Waals surface area contributed by atoms with E-state index < -0.39 is 41.7 Å². The lowest BCUT2D eigenvalue weighted by Crippen LogP contribution is -2.56. The Morgan fingerprint density at radius 1 is 0.795 bits per heavy atom. The number of carbonyl (C=O) groups excluding carboxylic acids is 3. The molecule has 0 saturated carbocycles. The minimum Gasteiger partial charge on any atom is -0.478 e. The lowest BCUT2D eigenvalue weighted by Gasteiger charge is -2.31. The normalized spacial score (nSPS) is 13.1. The maximum atomic E-state index is 13.3. The Balaban J connectivity index is 1.53. The molecular weight excluding hydrogens is 568 g/mol. The third-order valence-electron chi connectivity index (χ3n) is 6.39. The molecule has 0 heterocycles. The minimum atomic E-state index is -1.90. The molecule has 0 aromatic heterocycles. The molecule has 2 amide bonds. The van der Waals surface area contributed by atoms with Crippen LogP contribution in [0.1, 0.15) is 58.6 Å². The lowest BCUT2D eigenvalue weighted by atomic mass is 9.98. The fraction of sp³-hybridized carbons (Fsp3) is 0.333. The van der Waals surface area contributed by atoms with Gasteiger partial charge in [0, 0.05) is 5.92 Å². The number of nitrogens with zero attached hydrogens (tertiary/aromatic N) is 1. The summed E-state index contributed by atoms with van der Waals surface area (Å²) in [7, 11) is 0. The minimum absolute atomic E-state index is 0.0436. The first kappa shape index (κ1) is 31.9. The smallest absolute Gasteiger partial charge is 0.478 e. The monoisotopic (exact) mass is 604 g/mol. The summed E-state index contributed by atoms with van der Waals surface area (Å²) in [4.78, 5) is 51.6. The van der Waals surface area contributed by atoms with Crippen molar-refractivity contribution in [2.75, 3.05) is 11.5 Å². The van der Waals surface area contributed by atoms with Crippen LogP contribution in [0.25, 0.3) is 11.1 Å². The molecule has 1 aliphatic rings. The number of ether oxygens (including phenoxy) is 4. The molecule has 0 radical (unpaired) electrons. The number of rotatable bonds is 7. The second-order valence-electron chi connectivity index (χ2n) is 12.1.